The molecule has 0 amide bonds. The number of hydrogen-bond donors (Lipinski definition) is 0. The molecule has 0 atom stereocenters. The van der Waals surface area contributed by atoms with Gasteiger partial charge in [0.15, 0.2) is 5.82 Å². The van der Waals surface area contributed by atoms with Crippen molar-refractivity contribution in [1.29, 1.82) is 0 Å². The third-order valence-corrected chi connectivity index (χ3v) is 3.31. The highest BCUT2D eigenvalue weighted by molar-refractivity contribution is 5.79. The number of hydrogen-bond acceptors (Lipinski definition) is 4. The second-order valence-corrected chi connectivity index (χ2v) is 4.62. The maximum absolute atomic E-state index is 4.33. The van der Waals surface area contributed by atoms with Crippen LogP contribution in [0.2, 0.25) is 0 Å². The van der Waals surface area contributed by atoms with Gasteiger partial charge in [0.25, 0.3) is 0 Å². The van der Waals surface area contributed by atoms with E-state index in [9.17, 15) is 0 Å². The summed E-state index contributed by atoms with van der Waals surface area (Å²) in [7, 11) is 0. The Bertz CT molecular complexity index is 899. The number of benzene rings is 2. The Hall–Kier alpha value is -3.08. The lowest BCUT2D eigenvalue weighted by molar-refractivity contribution is 1.06. The summed E-state index contributed by atoms with van der Waals surface area (Å²) in [5, 5.41) is 8.27. The third-order valence-electron chi connectivity index (χ3n) is 3.31. The van der Waals surface area contributed by atoms with Crippen molar-refractivity contribution in [3.63, 3.8) is 0 Å². The molecule has 2 aromatic heterocycles. The number of para-hydroxylation sites is 1. The van der Waals surface area contributed by atoms with Crippen LogP contribution in [0.1, 0.15) is 0 Å². The number of aromatic nitrogens is 5. The van der Waals surface area contributed by atoms with Gasteiger partial charge in [-0.1, -0.05) is 18.2 Å². The molecular weight excluding hydrogens is 262 g/mol. The second kappa shape index (κ2) is 4.79. The number of rotatable bonds is 2. The molecule has 0 aliphatic carbocycles. The standard InChI is InChI=1S/C16H11N5/c1-2-4-13(5-3-1)21-11-19-20-16(21)12-6-7-14-15(10-12)18-9-8-17-14/h1-11H. The van der Waals surface area contributed by atoms with Crippen molar-refractivity contribution in [1.82, 2.24) is 24.7 Å². The molecule has 0 saturated heterocycles. The Labute approximate surface area is 120 Å². The summed E-state index contributed by atoms with van der Waals surface area (Å²) in [4.78, 5) is 8.61. The van der Waals surface area contributed by atoms with Crippen LogP contribution in [0.25, 0.3) is 28.1 Å². The number of fused-ring (bicyclic) bond motifs is 1. The molecule has 4 rings (SSSR count). The van der Waals surface area contributed by atoms with Gasteiger partial charge in [0.05, 0.1) is 11.0 Å². The Balaban J connectivity index is 1.88. The molecular formula is C16H11N5. The Kier molecular flexibility index (Phi) is 2.67. The van der Waals surface area contributed by atoms with Gasteiger partial charge in [-0.15, -0.1) is 10.2 Å². The maximum Gasteiger partial charge on any atom is 0.168 e. The fourth-order valence-corrected chi connectivity index (χ4v) is 2.31. The quantitative estimate of drug-likeness (QED) is 0.563. The van der Waals surface area contributed by atoms with Gasteiger partial charge in [0.1, 0.15) is 6.33 Å². The maximum atomic E-state index is 4.33. The van der Waals surface area contributed by atoms with E-state index >= 15 is 0 Å². The highest BCUT2D eigenvalue weighted by Crippen LogP contribution is 2.23. The Morgan fingerprint density at radius 2 is 1.62 bits per heavy atom. The van der Waals surface area contributed by atoms with Crippen molar-refractivity contribution in [2.45, 2.75) is 0 Å². The van der Waals surface area contributed by atoms with Gasteiger partial charge in [-0.2, -0.15) is 0 Å². The monoisotopic (exact) mass is 273 g/mol. The molecule has 5 nitrogen and oxygen atoms in total. The summed E-state index contributed by atoms with van der Waals surface area (Å²) in [5.74, 6) is 0.786. The van der Waals surface area contributed by atoms with Gasteiger partial charge < -0.3 is 0 Å². The zero-order chi connectivity index (χ0) is 14.1. The van der Waals surface area contributed by atoms with Crippen LogP contribution in [0.5, 0.6) is 0 Å². The highest BCUT2D eigenvalue weighted by Gasteiger charge is 2.09. The molecule has 2 aromatic carbocycles. The molecule has 5 heteroatoms. The summed E-state index contributed by atoms with van der Waals surface area (Å²) in [6, 6.07) is 15.9. The van der Waals surface area contributed by atoms with Crippen LogP contribution in [-0.4, -0.2) is 24.7 Å². The summed E-state index contributed by atoms with van der Waals surface area (Å²) in [5.41, 5.74) is 3.70. The lowest BCUT2D eigenvalue weighted by Crippen LogP contribution is -1.96. The zero-order valence-electron chi connectivity index (χ0n) is 11.1. The predicted octanol–water partition coefficient (Wildman–Crippen LogP) is 2.88. The third kappa shape index (κ3) is 2.04. The molecule has 0 saturated carbocycles. The van der Waals surface area contributed by atoms with Crippen LogP contribution in [0.4, 0.5) is 0 Å². The lowest BCUT2D eigenvalue weighted by atomic mass is 10.1. The minimum Gasteiger partial charge on any atom is -0.282 e. The highest BCUT2D eigenvalue weighted by atomic mass is 15.3. The molecule has 0 spiro atoms. The van der Waals surface area contributed by atoms with E-state index in [0.717, 1.165) is 28.1 Å². The normalized spacial score (nSPS) is 10.9. The van der Waals surface area contributed by atoms with Crippen LogP contribution in [0.15, 0.2) is 67.3 Å². The average Bonchev–Trinajstić information content (AvgIpc) is 3.05. The predicted molar refractivity (Wildman–Crippen MR) is 79.9 cm³/mol. The molecule has 0 aliphatic rings. The van der Waals surface area contributed by atoms with Crippen molar-refractivity contribution in [3.05, 3.63) is 67.3 Å². The van der Waals surface area contributed by atoms with Crippen molar-refractivity contribution in [2.24, 2.45) is 0 Å². The molecule has 0 N–H and O–H groups in total. The zero-order valence-corrected chi connectivity index (χ0v) is 11.1. The second-order valence-electron chi connectivity index (χ2n) is 4.62. The first kappa shape index (κ1) is 11.7. The van der Waals surface area contributed by atoms with Crippen molar-refractivity contribution < 1.29 is 0 Å². The van der Waals surface area contributed by atoms with Crippen molar-refractivity contribution >= 4 is 11.0 Å². The fraction of sp³-hybridized carbons (Fsp3) is 0. The van der Waals surface area contributed by atoms with E-state index in [4.69, 9.17) is 0 Å². The molecule has 2 heterocycles. The molecule has 0 unspecified atom stereocenters. The van der Waals surface area contributed by atoms with Crippen LogP contribution in [0.3, 0.4) is 0 Å². The van der Waals surface area contributed by atoms with Gasteiger partial charge >= 0.3 is 0 Å². The van der Waals surface area contributed by atoms with E-state index in [0.29, 0.717) is 0 Å². The first-order valence-electron chi connectivity index (χ1n) is 6.58. The van der Waals surface area contributed by atoms with Gasteiger partial charge in [0, 0.05) is 23.6 Å². The average molecular weight is 273 g/mol. The van der Waals surface area contributed by atoms with Crippen molar-refractivity contribution in [2.75, 3.05) is 0 Å². The first-order valence-corrected chi connectivity index (χ1v) is 6.58. The Morgan fingerprint density at radius 1 is 0.810 bits per heavy atom. The van der Waals surface area contributed by atoms with Gasteiger partial charge in [-0.05, 0) is 30.3 Å². The van der Waals surface area contributed by atoms with E-state index in [1.54, 1.807) is 18.7 Å². The van der Waals surface area contributed by atoms with Gasteiger partial charge in [-0.3, -0.25) is 14.5 Å². The lowest BCUT2D eigenvalue weighted by Gasteiger charge is -2.06. The van der Waals surface area contributed by atoms with E-state index in [1.165, 1.54) is 0 Å². The summed E-state index contributed by atoms with van der Waals surface area (Å²) in [6.07, 6.45) is 5.09. The van der Waals surface area contributed by atoms with Crippen LogP contribution in [-0.2, 0) is 0 Å². The summed E-state index contributed by atoms with van der Waals surface area (Å²) in [6.45, 7) is 0. The van der Waals surface area contributed by atoms with E-state index in [1.807, 2.05) is 53.1 Å². The fourth-order valence-electron chi connectivity index (χ4n) is 2.31. The minimum atomic E-state index is 0.786. The largest absolute Gasteiger partial charge is 0.282 e. The van der Waals surface area contributed by atoms with Crippen molar-refractivity contribution in [3.8, 4) is 17.1 Å². The molecule has 21 heavy (non-hydrogen) atoms. The van der Waals surface area contributed by atoms with Crippen LogP contribution < -0.4 is 0 Å². The topological polar surface area (TPSA) is 56.5 Å². The molecule has 0 fully saturated rings. The van der Waals surface area contributed by atoms with Gasteiger partial charge in [0.2, 0.25) is 0 Å². The van der Waals surface area contributed by atoms with E-state index in [2.05, 4.69) is 20.2 Å². The molecule has 0 bridgehead atoms. The molecule has 100 valence electrons. The minimum absolute atomic E-state index is 0.786. The van der Waals surface area contributed by atoms with E-state index in [-0.39, 0.29) is 0 Å². The van der Waals surface area contributed by atoms with Crippen LogP contribution in [0, 0.1) is 0 Å². The molecule has 0 radical (unpaired) electrons. The SMILES string of the molecule is c1ccc(-n2cnnc2-c2ccc3nccnc3c2)cc1. The summed E-state index contributed by atoms with van der Waals surface area (Å²) < 4.78 is 1.96. The molecule has 0 aliphatic heterocycles. The van der Waals surface area contributed by atoms with Gasteiger partial charge in [-0.25, -0.2) is 0 Å². The Morgan fingerprint density at radius 3 is 2.48 bits per heavy atom. The smallest absolute Gasteiger partial charge is 0.168 e. The first-order chi connectivity index (χ1) is 10.4. The number of nitrogens with zero attached hydrogens (tertiary/aromatic N) is 5. The van der Waals surface area contributed by atoms with E-state index < -0.39 is 0 Å². The summed E-state index contributed by atoms with van der Waals surface area (Å²) >= 11 is 0. The molecule has 4 aromatic rings. The van der Waals surface area contributed by atoms with Crippen LogP contribution >= 0.6 is 0 Å².